The van der Waals surface area contributed by atoms with Crippen LogP contribution in [0, 0.1) is 5.92 Å². The molecule has 1 N–H and O–H groups in total. The normalized spacial score (nSPS) is 18.8. The first-order valence-electron chi connectivity index (χ1n) is 6.95. The number of hydrogen-bond donors (Lipinski definition) is 1. The van der Waals surface area contributed by atoms with Crippen molar-refractivity contribution in [3.8, 4) is 0 Å². The fourth-order valence-corrected chi connectivity index (χ4v) is 2.92. The average Bonchev–Trinajstić information content (AvgIpc) is 2.94. The summed E-state index contributed by atoms with van der Waals surface area (Å²) in [6, 6.07) is 0.641. The molecule has 1 saturated carbocycles. The molecule has 0 aromatic carbocycles. The van der Waals surface area contributed by atoms with Crippen LogP contribution < -0.4 is 5.32 Å². The lowest BCUT2D eigenvalue weighted by Crippen LogP contribution is -2.31. The van der Waals surface area contributed by atoms with Crippen LogP contribution in [0.15, 0.2) is 6.20 Å². The van der Waals surface area contributed by atoms with Crippen molar-refractivity contribution in [2.75, 3.05) is 0 Å². The molecule has 1 aromatic heterocycles. The summed E-state index contributed by atoms with van der Waals surface area (Å²) in [4.78, 5) is 0. The van der Waals surface area contributed by atoms with Crippen LogP contribution in [0.25, 0.3) is 0 Å². The third-order valence-corrected chi connectivity index (χ3v) is 4.05. The molecule has 0 amide bonds. The number of aryl methyl sites for hydroxylation is 2. The molecule has 1 aliphatic carbocycles. The topological polar surface area (TPSA) is 29.9 Å². The number of aromatic nitrogens is 2. The van der Waals surface area contributed by atoms with Crippen LogP contribution in [0.1, 0.15) is 50.8 Å². The summed E-state index contributed by atoms with van der Waals surface area (Å²) in [5, 5.41) is 8.16. The van der Waals surface area contributed by atoms with Gasteiger partial charge in [0.2, 0.25) is 0 Å². The summed E-state index contributed by atoms with van der Waals surface area (Å²) in [6.45, 7) is 5.47. The lowest BCUT2D eigenvalue weighted by molar-refractivity contribution is 0.380. The Morgan fingerprint density at radius 1 is 1.47 bits per heavy atom. The molecule has 1 aromatic rings. The van der Waals surface area contributed by atoms with Crippen molar-refractivity contribution in [1.82, 2.24) is 15.1 Å². The van der Waals surface area contributed by atoms with E-state index in [1.165, 1.54) is 36.9 Å². The van der Waals surface area contributed by atoms with E-state index in [4.69, 9.17) is 0 Å². The molecule has 3 heteroatoms. The van der Waals surface area contributed by atoms with Gasteiger partial charge in [-0.15, -0.1) is 0 Å². The fraction of sp³-hybridized carbons (Fsp3) is 0.786. The Balaban J connectivity index is 1.87. The zero-order chi connectivity index (χ0) is 12.3. The largest absolute Gasteiger partial charge is 0.310 e. The van der Waals surface area contributed by atoms with Gasteiger partial charge in [0.1, 0.15) is 0 Å². The molecule has 0 bridgehead atoms. The van der Waals surface area contributed by atoms with Gasteiger partial charge in [-0.05, 0) is 32.1 Å². The Hall–Kier alpha value is -0.830. The Morgan fingerprint density at radius 2 is 2.18 bits per heavy atom. The van der Waals surface area contributed by atoms with Gasteiger partial charge in [0.25, 0.3) is 0 Å². The van der Waals surface area contributed by atoms with Crippen LogP contribution in [-0.4, -0.2) is 15.8 Å². The van der Waals surface area contributed by atoms with Crippen molar-refractivity contribution in [2.24, 2.45) is 13.0 Å². The molecule has 0 saturated heterocycles. The van der Waals surface area contributed by atoms with Gasteiger partial charge in [0, 0.05) is 31.4 Å². The zero-order valence-electron chi connectivity index (χ0n) is 11.4. The molecule has 2 rings (SSSR count). The number of nitrogens with zero attached hydrogens (tertiary/aromatic N) is 2. The quantitative estimate of drug-likeness (QED) is 0.850. The van der Waals surface area contributed by atoms with Crippen LogP contribution in [0.5, 0.6) is 0 Å². The zero-order valence-corrected chi connectivity index (χ0v) is 11.4. The molecule has 1 atom stereocenters. The molecule has 1 aliphatic rings. The number of nitrogens with one attached hydrogen (secondary N) is 1. The van der Waals surface area contributed by atoms with Gasteiger partial charge in [-0.3, -0.25) is 4.68 Å². The van der Waals surface area contributed by atoms with Gasteiger partial charge in [-0.1, -0.05) is 19.8 Å². The highest BCUT2D eigenvalue weighted by atomic mass is 15.3. The molecule has 1 fully saturated rings. The van der Waals surface area contributed by atoms with Crippen molar-refractivity contribution >= 4 is 0 Å². The van der Waals surface area contributed by atoms with E-state index in [1.807, 2.05) is 11.7 Å². The van der Waals surface area contributed by atoms with E-state index in [1.54, 1.807) is 0 Å². The molecule has 3 nitrogen and oxygen atoms in total. The lowest BCUT2D eigenvalue weighted by Gasteiger charge is -2.20. The van der Waals surface area contributed by atoms with Crippen LogP contribution in [0.3, 0.4) is 0 Å². The molecule has 0 aliphatic heterocycles. The van der Waals surface area contributed by atoms with Gasteiger partial charge in [-0.2, -0.15) is 5.10 Å². The maximum Gasteiger partial charge on any atom is 0.0666 e. The van der Waals surface area contributed by atoms with E-state index in [0.29, 0.717) is 6.04 Å². The first kappa shape index (κ1) is 12.6. The summed E-state index contributed by atoms with van der Waals surface area (Å²) in [6.07, 6.45) is 8.82. The molecule has 1 unspecified atom stereocenters. The molecular formula is C14H25N3. The number of rotatable bonds is 5. The van der Waals surface area contributed by atoms with Gasteiger partial charge in [0.15, 0.2) is 0 Å². The van der Waals surface area contributed by atoms with Gasteiger partial charge in [-0.25, -0.2) is 0 Å². The summed E-state index contributed by atoms with van der Waals surface area (Å²) >= 11 is 0. The minimum Gasteiger partial charge on any atom is -0.310 e. The molecule has 1 heterocycles. The fourth-order valence-electron chi connectivity index (χ4n) is 2.92. The first-order chi connectivity index (χ1) is 8.20. The maximum atomic E-state index is 4.48. The minimum absolute atomic E-state index is 0.641. The third-order valence-electron chi connectivity index (χ3n) is 4.05. The third kappa shape index (κ3) is 3.09. The predicted octanol–water partition coefficient (Wildman–Crippen LogP) is 2.65. The second kappa shape index (κ2) is 5.67. The minimum atomic E-state index is 0.641. The monoisotopic (exact) mass is 235 g/mol. The SMILES string of the molecule is CCc1nn(C)cc1CNC(C)C1CCCC1. The highest BCUT2D eigenvalue weighted by Crippen LogP contribution is 2.27. The average molecular weight is 235 g/mol. The molecular weight excluding hydrogens is 210 g/mol. The second-order valence-corrected chi connectivity index (χ2v) is 5.34. The predicted molar refractivity (Wildman–Crippen MR) is 70.8 cm³/mol. The summed E-state index contributed by atoms with van der Waals surface area (Å²) < 4.78 is 1.93. The Bertz CT molecular complexity index is 350. The Labute approximate surface area is 105 Å². The first-order valence-corrected chi connectivity index (χ1v) is 6.95. The summed E-state index contributed by atoms with van der Waals surface area (Å²) in [5.74, 6) is 0.886. The van der Waals surface area contributed by atoms with Crippen molar-refractivity contribution in [1.29, 1.82) is 0 Å². The summed E-state index contributed by atoms with van der Waals surface area (Å²) in [5.41, 5.74) is 2.60. The molecule has 0 spiro atoms. The van der Waals surface area contributed by atoms with Gasteiger partial charge in [0.05, 0.1) is 5.69 Å². The highest BCUT2D eigenvalue weighted by Gasteiger charge is 2.21. The summed E-state index contributed by atoms with van der Waals surface area (Å²) in [7, 11) is 2.00. The van der Waals surface area contributed by atoms with E-state index in [9.17, 15) is 0 Å². The Kier molecular flexibility index (Phi) is 4.21. The van der Waals surface area contributed by atoms with Crippen LogP contribution >= 0.6 is 0 Å². The lowest BCUT2D eigenvalue weighted by atomic mass is 9.99. The highest BCUT2D eigenvalue weighted by molar-refractivity contribution is 5.16. The van der Waals surface area contributed by atoms with E-state index in [0.717, 1.165) is 18.9 Å². The van der Waals surface area contributed by atoms with Crippen LogP contribution in [0.4, 0.5) is 0 Å². The van der Waals surface area contributed by atoms with E-state index < -0.39 is 0 Å². The van der Waals surface area contributed by atoms with Crippen molar-refractivity contribution < 1.29 is 0 Å². The molecule has 17 heavy (non-hydrogen) atoms. The van der Waals surface area contributed by atoms with Crippen LogP contribution in [-0.2, 0) is 20.0 Å². The van der Waals surface area contributed by atoms with Crippen LogP contribution in [0.2, 0.25) is 0 Å². The number of hydrogen-bond acceptors (Lipinski definition) is 2. The molecule has 0 radical (unpaired) electrons. The van der Waals surface area contributed by atoms with Gasteiger partial charge < -0.3 is 5.32 Å². The van der Waals surface area contributed by atoms with Crippen molar-refractivity contribution in [2.45, 2.75) is 58.5 Å². The smallest absolute Gasteiger partial charge is 0.0666 e. The van der Waals surface area contributed by atoms with E-state index >= 15 is 0 Å². The molecule has 96 valence electrons. The maximum absolute atomic E-state index is 4.48. The van der Waals surface area contributed by atoms with Crippen molar-refractivity contribution in [3.63, 3.8) is 0 Å². The van der Waals surface area contributed by atoms with E-state index in [2.05, 4.69) is 30.5 Å². The van der Waals surface area contributed by atoms with E-state index in [-0.39, 0.29) is 0 Å². The van der Waals surface area contributed by atoms with Crippen molar-refractivity contribution in [3.05, 3.63) is 17.5 Å². The standard InChI is InChI=1S/C14H25N3/c1-4-14-13(10-17(3)16-14)9-15-11(2)12-7-5-6-8-12/h10-12,15H,4-9H2,1-3H3. The van der Waals surface area contributed by atoms with Gasteiger partial charge >= 0.3 is 0 Å². The Morgan fingerprint density at radius 3 is 2.82 bits per heavy atom. The second-order valence-electron chi connectivity index (χ2n) is 5.34.